The van der Waals surface area contributed by atoms with Crippen LogP contribution in [0.5, 0.6) is 0 Å². The molecule has 4 nitrogen and oxygen atoms in total. The minimum atomic E-state index is 0.350. The van der Waals surface area contributed by atoms with Crippen LogP contribution in [-0.4, -0.2) is 61.0 Å². The lowest BCUT2D eigenvalue weighted by molar-refractivity contribution is -0.133. The first kappa shape index (κ1) is 15.8. The summed E-state index contributed by atoms with van der Waals surface area (Å²) in [5, 5.41) is 3.53. The van der Waals surface area contributed by atoms with Crippen LogP contribution in [0.4, 0.5) is 0 Å². The fourth-order valence-electron chi connectivity index (χ4n) is 3.19. The molecule has 0 radical (unpaired) electrons. The second-order valence-electron chi connectivity index (χ2n) is 6.72. The van der Waals surface area contributed by atoms with Crippen molar-refractivity contribution in [1.29, 1.82) is 0 Å². The molecule has 2 aliphatic rings. The fourth-order valence-corrected chi connectivity index (χ4v) is 3.19. The molecule has 0 aliphatic carbocycles. The second kappa shape index (κ2) is 7.99. The Hall–Kier alpha value is -0.610. The predicted octanol–water partition coefficient (Wildman–Crippen LogP) is 1.71. The normalized spacial score (nSPS) is 22.4. The molecule has 2 aliphatic heterocycles. The van der Waals surface area contributed by atoms with Crippen LogP contribution in [-0.2, 0) is 4.79 Å². The van der Waals surface area contributed by atoms with Crippen molar-refractivity contribution in [3.05, 3.63) is 0 Å². The molecule has 1 N–H and O–H groups in total. The van der Waals surface area contributed by atoms with Crippen LogP contribution in [0.25, 0.3) is 0 Å². The standard InChI is InChI=1S/C16H31N3O/c1-14(2)17-12-15-6-10-18(11-7-15)13-16(20)19-8-4-3-5-9-19/h14-15,17H,3-13H2,1-2H3. The molecule has 4 heteroatoms. The Bertz CT molecular complexity index is 292. The minimum absolute atomic E-state index is 0.350. The summed E-state index contributed by atoms with van der Waals surface area (Å²) in [6.07, 6.45) is 6.13. The van der Waals surface area contributed by atoms with Gasteiger partial charge in [0, 0.05) is 19.1 Å². The average molecular weight is 281 g/mol. The highest BCUT2D eigenvalue weighted by Gasteiger charge is 2.23. The van der Waals surface area contributed by atoms with Crippen molar-refractivity contribution in [2.75, 3.05) is 39.3 Å². The van der Waals surface area contributed by atoms with Crippen molar-refractivity contribution in [3.63, 3.8) is 0 Å². The van der Waals surface area contributed by atoms with Gasteiger partial charge >= 0.3 is 0 Å². The molecule has 0 bridgehead atoms. The van der Waals surface area contributed by atoms with Gasteiger partial charge in [-0.15, -0.1) is 0 Å². The monoisotopic (exact) mass is 281 g/mol. The Kier molecular flexibility index (Phi) is 6.30. The minimum Gasteiger partial charge on any atom is -0.342 e. The Morgan fingerprint density at radius 1 is 1.10 bits per heavy atom. The van der Waals surface area contributed by atoms with E-state index in [4.69, 9.17) is 0 Å². The quantitative estimate of drug-likeness (QED) is 0.833. The Balaban J connectivity index is 1.64. The molecule has 0 saturated carbocycles. The van der Waals surface area contributed by atoms with Gasteiger partial charge in [0.1, 0.15) is 0 Å². The van der Waals surface area contributed by atoms with Crippen LogP contribution in [0.3, 0.4) is 0 Å². The number of nitrogens with zero attached hydrogens (tertiary/aromatic N) is 2. The van der Waals surface area contributed by atoms with E-state index in [1.54, 1.807) is 0 Å². The molecule has 0 atom stereocenters. The van der Waals surface area contributed by atoms with Crippen molar-refractivity contribution in [2.24, 2.45) is 5.92 Å². The fraction of sp³-hybridized carbons (Fsp3) is 0.938. The van der Waals surface area contributed by atoms with Gasteiger partial charge in [-0.05, 0) is 57.7 Å². The molecule has 0 aromatic carbocycles. The van der Waals surface area contributed by atoms with Crippen molar-refractivity contribution >= 4 is 5.91 Å². The van der Waals surface area contributed by atoms with Crippen LogP contribution in [0.2, 0.25) is 0 Å². The first-order valence-corrected chi connectivity index (χ1v) is 8.38. The van der Waals surface area contributed by atoms with Gasteiger partial charge in [-0.2, -0.15) is 0 Å². The Labute approximate surface area is 123 Å². The van der Waals surface area contributed by atoms with E-state index in [1.165, 1.54) is 32.1 Å². The molecule has 2 fully saturated rings. The molecule has 2 rings (SSSR count). The highest BCUT2D eigenvalue weighted by atomic mass is 16.2. The third-order valence-electron chi connectivity index (χ3n) is 4.59. The van der Waals surface area contributed by atoms with Crippen LogP contribution >= 0.6 is 0 Å². The zero-order chi connectivity index (χ0) is 14.4. The SMILES string of the molecule is CC(C)NCC1CCN(CC(=O)N2CCCCC2)CC1. The van der Waals surface area contributed by atoms with E-state index in [9.17, 15) is 4.79 Å². The number of rotatable bonds is 5. The van der Waals surface area contributed by atoms with Crippen molar-refractivity contribution in [1.82, 2.24) is 15.1 Å². The van der Waals surface area contributed by atoms with Crippen LogP contribution in [0, 0.1) is 5.92 Å². The predicted molar refractivity (Wildman–Crippen MR) is 82.7 cm³/mol. The summed E-state index contributed by atoms with van der Waals surface area (Å²) in [7, 11) is 0. The van der Waals surface area contributed by atoms with Crippen molar-refractivity contribution in [2.45, 2.75) is 52.0 Å². The molecule has 116 valence electrons. The van der Waals surface area contributed by atoms with E-state index in [1.807, 2.05) is 0 Å². The highest BCUT2D eigenvalue weighted by Crippen LogP contribution is 2.17. The third kappa shape index (κ3) is 5.06. The zero-order valence-corrected chi connectivity index (χ0v) is 13.2. The third-order valence-corrected chi connectivity index (χ3v) is 4.59. The van der Waals surface area contributed by atoms with E-state index in [0.29, 0.717) is 18.5 Å². The van der Waals surface area contributed by atoms with Gasteiger partial charge in [0.2, 0.25) is 5.91 Å². The summed E-state index contributed by atoms with van der Waals surface area (Å²) in [5.74, 6) is 1.14. The summed E-state index contributed by atoms with van der Waals surface area (Å²) in [6, 6.07) is 0.578. The number of nitrogens with one attached hydrogen (secondary N) is 1. The first-order chi connectivity index (χ1) is 9.65. The Morgan fingerprint density at radius 2 is 1.75 bits per heavy atom. The van der Waals surface area contributed by atoms with Gasteiger partial charge in [0.15, 0.2) is 0 Å². The van der Waals surface area contributed by atoms with Gasteiger partial charge in [-0.25, -0.2) is 0 Å². The van der Waals surface area contributed by atoms with E-state index < -0.39 is 0 Å². The maximum absolute atomic E-state index is 12.2. The van der Waals surface area contributed by atoms with Gasteiger partial charge in [-0.3, -0.25) is 9.69 Å². The molecular formula is C16H31N3O. The number of piperidine rings is 2. The smallest absolute Gasteiger partial charge is 0.236 e. The molecule has 2 saturated heterocycles. The summed E-state index contributed by atoms with van der Waals surface area (Å²) in [6.45, 7) is 10.3. The molecule has 0 aromatic heterocycles. The lowest BCUT2D eigenvalue weighted by Gasteiger charge is -2.34. The molecule has 1 amide bonds. The lowest BCUT2D eigenvalue weighted by Crippen LogP contribution is -2.46. The summed E-state index contributed by atoms with van der Waals surface area (Å²) < 4.78 is 0. The number of likely N-dealkylation sites (tertiary alicyclic amines) is 2. The van der Waals surface area contributed by atoms with Crippen LogP contribution in [0.15, 0.2) is 0 Å². The maximum atomic E-state index is 12.2. The highest BCUT2D eigenvalue weighted by molar-refractivity contribution is 5.78. The molecule has 0 aromatic rings. The van der Waals surface area contributed by atoms with Crippen molar-refractivity contribution < 1.29 is 4.79 Å². The summed E-state index contributed by atoms with van der Waals surface area (Å²) >= 11 is 0. The number of hydrogen-bond acceptors (Lipinski definition) is 3. The molecule has 0 spiro atoms. The molecule has 2 heterocycles. The number of carbonyl (C=O) groups is 1. The largest absolute Gasteiger partial charge is 0.342 e. The summed E-state index contributed by atoms with van der Waals surface area (Å²) in [5.41, 5.74) is 0. The van der Waals surface area contributed by atoms with E-state index in [0.717, 1.165) is 38.6 Å². The number of amides is 1. The first-order valence-electron chi connectivity index (χ1n) is 8.38. The van der Waals surface area contributed by atoms with Crippen molar-refractivity contribution in [3.8, 4) is 0 Å². The van der Waals surface area contributed by atoms with Crippen LogP contribution < -0.4 is 5.32 Å². The van der Waals surface area contributed by atoms with Gasteiger partial charge in [-0.1, -0.05) is 13.8 Å². The zero-order valence-electron chi connectivity index (χ0n) is 13.2. The van der Waals surface area contributed by atoms with E-state index in [-0.39, 0.29) is 0 Å². The number of carbonyl (C=O) groups excluding carboxylic acids is 1. The second-order valence-corrected chi connectivity index (χ2v) is 6.72. The van der Waals surface area contributed by atoms with Crippen LogP contribution in [0.1, 0.15) is 46.0 Å². The lowest BCUT2D eigenvalue weighted by atomic mass is 9.96. The van der Waals surface area contributed by atoms with E-state index >= 15 is 0 Å². The van der Waals surface area contributed by atoms with Gasteiger partial charge in [0.05, 0.1) is 6.54 Å². The number of hydrogen-bond donors (Lipinski definition) is 1. The average Bonchev–Trinajstić information content (AvgIpc) is 2.47. The van der Waals surface area contributed by atoms with Gasteiger partial charge in [0.25, 0.3) is 0 Å². The Morgan fingerprint density at radius 3 is 2.35 bits per heavy atom. The molecule has 20 heavy (non-hydrogen) atoms. The molecule has 0 unspecified atom stereocenters. The summed E-state index contributed by atoms with van der Waals surface area (Å²) in [4.78, 5) is 16.7. The van der Waals surface area contributed by atoms with Gasteiger partial charge < -0.3 is 10.2 Å². The van der Waals surface area contributed by atoms with E-state index in [2.05, 4.69) is 29.0 Å². The molecular weight excluding hydrogens is 250 g/mol. The maximum Gasteiger partial charge on any atom is 0.236 e. The topological polar surface area (TPSA) is 35.6 Å².